The van der Waals surface area contributed by atoms with Gasteiger partial charge in [-0.2, -0.15) is 0 Å². The summed E-state index contributed by atoms with van der Waals surface area (Å²) in [5.41, 5.74) is 0. The van der Waals surface area contributed by atoms with E-state index in [1.54, 1.807) is 0 Å². The normalized spacial score (nSPS) is 14.0. The molecular formula is C54H112N2O6P+. The Morgan fingerprint density at radius 2 is 0.762 bits per heavy atom. The monoisotopic (exact) mass is 916 g/mol. The van der Waals surface area contributed by atoms with Crippen molar-refractivity contribution in [2.75, 3.05) is 40.9 Å². The lowest BCUT2D eigenvalue weighted by Gasteiger charge is -2.26. The van der Waals surface area contributed by atoms with E-state index in [-0.39, 0.29) is 19.1 Å². The number of aliphatic hydroxyl groups excluding tert-OH is 1. The molecule has 0 aliphatic carbocycles. The molecule has 3 unspecified atom stereocenters. The number of phosphoric acid groups is 1. The molecule has 0 fully saturated rings. The molecule has 0 aliphatic rings. The molecule has 0 heterocycles. The summed E-state index contributed by atoms with van der Waals surface area (Å²) in [5.74, 6) is -0.136. The largest absolute Gasteiger partial charge is 0.472 e. The van der Waals surface area contributed by atoms with Gasteiger partial charge in [0.15, 0.2) is 0 Å². The molecule has 378 valence electrons. The molecule has 0 aromatic carbocycles. The molecule has 0 rings (SSSR count). The maximum Gasteiger partial charge on any atom is 0.472 e. The summed E-state index contributed by atoms with van der Waals surface area (Å²) in [5, 5.41) is 14.1. The van der Waals surface area contributed by atoms with Crippen LogP contribution in [0.3, 0.4) is 0 Å². The number of likely N-dealkylation sites (N-methyl/N-ethyl adjacent to an activating group) is 1. The van der Waals surface area contributed by atoms with E-state index in [2.05, 4.69) is 19.2 Å². The molecule has 8 nitrogen and oxygen atoms in total. The van der Waals surface area contributed by atoms with Crippen molar-refractivity contribution in [1.82, 2.24) is 5.32 Å². The first-order chi connectivity index (χ1) is 30.5. The van der Waals surface area contributed by atoms with Crippen LogP contribution in [-0.4, -0.2) is 73.4 Å². The summed E-state index contributed by atoms with van der Waals surface area (Å²) >= 11 is 0. The molecule has 0 aliphatic heterocycles. The van der Waals surface area contributed by atoms with Gasteiger partial charge >= 0.3 is 7.82 Å². The van der Waals surface area contributed by atoms with Crippen LogP contribution in [-0.2, 0) is 18.4 Å². The highest BCUT2D eigenvalue weighted by Gasteiger charge is 2.28. The average molecular weight is 916 g/mol. The number of quaternary nitrogens is 1. The van der Waals surface area contributed by atoms with E-state index >= 15 is 0 Å². The van der Waals surface area contributed by atoms with E-state index in [9.17, 15) is 19.4 Å². The van der Waals surface area contributed by atoms with Gasteiger partial charge < -0.3 is 19.8 Å². The number of carbonyl (C=O) groups is 1. The molecule has 0 aromatic heterocycles. The van der Waals surface area contributed by atoms with Crippen molar-refractivity contribution in [3.05, 3.63) is 0 Å². The average Bonchev–Trinajstić information content (AvgIpc) is 3.24. The van der Waals surface area contributed by atoms with Crippen molar-refractivity contribution in [3.63, 3.8) is 0 Å². The quantitative estimate of drug-likeness (QED) is 0.0319. The maximum absolute atomic E-state index is 13.0. The number of phosphoric ester groups is 1. The Kier molecular flexibility index (Phi) is 46.2. The molecule has 0 saturated heterocycles. The first kappa shape index (κ1) is 62.5. The summed E-state index contributed by atoms with van der Waals surface area (Å²) < 4.78 is 23.8. The highest BCUT2D eigenvalue weighted by Crippen LogP contribution is 2.43. The van der Waals surface area contributed by atoms with E-state index < -0.39 is 20.0 Å². The Balaban J connectivity index is 4.16. The van der Waals surface area contributed by atoms with Crippen LogP contribution in [0, 0.1) is 0 Å². The highest BCUT2D eigenvalue weighted by atomic mass is 31.2. The fourth-order valence-corrected chi connectivity index (χ4v) is 9.43. The molecule has 9 heteroatoms. The minimum atomic E-state index is -4.32. The van der Waals surface area contributed by atoms with E-state index in [0.29, 0.717) is 23.9 Å². The number of carbonyl (C=O) groups excluding carboxylic acids is 1. The molecule has 1 amide bonds. The van der Waals surface area contributed by atoms with E-state index in [1.807, 2.05) is 21.1 Å². The summed E-state index contributed by atoms with van der Waals surface area (Å²) in [7, 11) is 1.64. The van der Waals surface area contributed by atoms with Gasteiger partial charge in [-0.15, -0.1) is 0 Å². The van der Waals surface area contributed by atoms with Crippen LogP contribution in [0.2, 0.25) is 0 Å². The van der Waals surface area contributed by atoms with Crippen LogP contribution < -0.4 is 5.32 Å². The minimum Gasteiger partial charge on any atom is -0.391 e. The SMILES string of the molecule is CCCCCCCCCCCCCCCCCCCCCCCC(=O)NC(COP(=O)(O)OCC[N+](C)(C)C)C(O)CCCCCCCCCCCCCCCCCCCCCC. The second-order valence-corrected chi connectivity index (χ2v) is 22.1. The van der Waals surface area contributed by atoms with E-state index in [0.717, 1.165) is 38.5 Å². The maximum atomic E-state index is 13.0. The Morgan fingerprint density at radius 1 is 0.476 bits per heavy atom. The van der Waals surface area contributed by atoms with Crippen molar-refractivity contribution in [2.24, 2.45) is 0 Å². The van der Waals surface area contributed by atoms with Gasteiger partial charge in [-0.05, 0) is 12.8 Å². The Bertz CT molecular complexity index is 994. The number of hydrogen-bond acceptors (Lipinski definition) is 5. The van der Waals surface area contributed by atoms with Crippen LogP contribution in [0.1, 0.15) is 290 Å². The molecule has 0 radical (unpaired) electrons. The first-order valence-corrected chi connectivity index (χ1v) is 29.4. The predicted octanol–water partition coefficient (Wildman–Crippen LogP) is 16.5. The zero-order valence-electron chi connectivity index (χ0n) is 43.1. The number of rotatable bonds is 52. The van der Waals surface area contributed by atoms with Crippen molar-refractivity contribution >= 4 is 13.7 Å². The number of unbranched alkanes of at least 4 members (excludes halogenated alkanes) is 39. The van der Waals surface area contributed by atoms with Crippen molar-refractivity contribution in [2.45, 2.75) is 302 Å². The topological polar surface area (TPSA) is 105 Å². The molecule has 0 bridgehead atoms. The van der Waals surface area contributed by atoms with Gasteiger partial charge in [-0.3, -0.25) is 13.8 Å². The molecule has 0 spiro atoms. The second-order valence-electron chi connectivity index (χ2n) is 20.7. The fraction of sp³-hybridized carbons (Fsp3) is 0.981. The number of aliphatic hydroxyl groups is 1. The fourth-order valence-electron chi connectivity index (χ4n) is 8.70. The first-order valence-electron chi connectivity index (χ1n) is 27.9. The Hall–Kier alpha value is -0.500. The Morgan fingerprint density at radius 3 is 1.06 bits per heavy atom. The predicted molar refractivity (Wildman–Crippen MR) is 272 cm³/mol. The van der Waals surface area contributed by atoms with Gasteiger partial charge in [-0.1, -0.05) is 271 Å². The molecular weight excluding hydrogens is 804 g/mol. The zero-order valence-corrected chi connectivity index (χ0v) is 44.0. The van der Waals surface area contributed by atoms with E-state index in [1.165, 1.54) is 225 Å². The molecule has 0 saturated carbocycles. The molecule has 3 N–H and O–H groups in total. The van der Waals surface area contributed by atoms with Crippen LogP contribution in [0.4, 0.5) is 0 Å². The summed E-state index contributed by atoms with van der Waals surface area (Å²) in [4.78, 5) is 23.3. The highest BCUT2D eigenvalue weighted by molar-refractivity contribution is 7.47. The third-order valence-corrected chi connectivity index (χ3v) is 14.1. The Labute approximate surface area is 393 Å². The lowest BCUT2D eigenvalue weighted by molar-refractivity contribution is -0.870. The molecule has 63 heavy (non-hydrogen) atoms. The third-order valence-electron chi connectivity index (χ3n) is 13.1. The van der Waals surface area contributed by atoms with Crippen molar-refractivity contribution in [3.8, 4) is 0 Å². The number of nitrogens with one attached hydrogen (secondary N) is 1. The van der Waals surface area contributed by atoms with Crippen LogP contribution in [0.15, 0.2) is 0 Å². The third kappa shape index (κ3) is 49.2. The summed E-state index contributed by atoms with van der Waals surface area (Å²) in [6.45, 7) is 4.94. The summed E-state index contributed by atoms with van der Waals surface area (Å²) in [6.07, 6.45) is 54.3. The van der Waals surface area contributed by atoms with Crippen molar-refractivity contribution < 1.29 is 32.9 Å². The van der Waals surface area contributed by atoms with Gasteiger partial charge in [0.05, 0.1) is 39.9 Å². The number of amides is 1. The minimum absolute atomic E-state index is 0.0791. The van der Waals surface area contributed by atoms with Crippen molar-refractivity contribution in [1.29, 1.82) is 0 Å². The van der Waals surface area contributed by atoms with Gasteiger partial charge in [0.2, 0.25) is 5.91 Å². The smallest absolute Gasteiger partial charge is 0.391 e. The number of nitrogens with zero attached hydrogens (tertiary/aromatic N) is 1. The van der Waals surface area contributed by atoms with Gasteiger partial charge in [0.25, 0.3) is 0 Å². The van der Waals surface area contributed by atoms with Gasteiger partial charge in [-0.25, -0.2) is 4.57 Å². The standard InChI is InChI=1S/C54H111N2O6P/c1-6-8-10-12-14-16-18-20-22-24-26-28-30-32-34-36-38-40-42-44-46-48-54(58)55-52(51-62-63(59,60)61-50-49-56(3,4)5)53(57)47-45-43-41-39-37-35-33-31-29-27-25-23-21-19-17-15-13-11-9-7-2/h52-53,57H,6-51H2,1-5H3,(H-,55,58,59,60)/p+1. The number of hydrogen-bond donors (Lipinski definition) is 3. The lowest BCUT2D eigenvalue weighted by Crippen LogP contribution is -2.46. The van der Waals surface area contributed by atoms with Gasteiger partial charge in [0, 0.05) is 6.42 Å². The summed E-state index contributed by atoms with van der Waals surface area (Å²) in [6, 6.07) is -0.754. The molecule has 0 aromatic rings. The van der Waals surface area contributed by atoms with Crippen LogP contribution in [0.25, 0.3) is 0 Å². The zero-order chi connectivity index (χ0) is 46.4. The van der Waals surface area contributed by atoms with Crippen LogP contribution >= 0.6 is 7.82 Å². The van der Waals surface area contributed by atoms with Gasteiger partial charge in [0.1, 0.15) is 13.2 Å². The molecule has 3 atom stereocenters. The second kappa shape index (κ2) is 46.6. The lowest BCUT2D eigenvalue weighted by atomic mass is 10.0. The van der Waals surface area contributed by atoms with E-state index in [4.69, 9.17) is 9.05 Å². The van der Waals surface area contributed by atoms with Crippen LogP contribution in [0.5, 0.6) is 0 Å².